The van der Waals surface area contributed by atoms with E-state index < -0.39 is 29.2 Å². The zero-order chi connectivity index (χ0) is 20.0. The molecule has 8 heteroatoms. The minimum atomic E-state index is -4.53. The summed E-state index contributed by atoms with van der Waals surface area (Å²) in [6.07, 6.45) is -2.73. The molecule has 0 saturated heterocycles. The molecule has 0 spiro atoms. The van der Waals surface area contributed by atoms with Gasteiger partial charge in [-0.15, -0.1) is 0 Å². The number of amides is 1. The standard InChI is InChI=1S/C19H18F3NO4/c1-10-7-15-14(9-13(10)16(24)26-3)23-17(25)18(2,27-15)11-5-4-6-12(8-11)19(20,21)22/h4-6,8-10H,7H2,1-3H3,(H,23,25). The van der Waals surface area contributed by atoms with E-state index in [1.54, 1.807) is 6.92 Å². The van der Waals surface area contributed by atoms with Crippen molar-refractivity contribution in [2.24, 2.45) is 5.92 Å². The van der Waals surface area contributed by atoms with Crippen molar-refractivity contribution in [1.29, 1.82) is 0 Å². The van der Waals surface area contributed by atoms with E-state index in [9.17, 15) is 22.8 Å². The minimum Gasteiger partial charge on any atom is -0.475 e. The van der Waals surface area contributed by atoms with Crippen LogP contribution in [0.5, 0.6) is 0 Å². The van der Waals surface area contributed by atoms with Crippen molar-refractivity contribution >= 4 is 11.9 Å². The molecule has 1 aliphatic carbocycles. The van der Waals surface area contributed by atoms with Crippen LogP contribution in [-0.2, 0) is 30.8 Å². The number of alkyl halides is 3. The largest absolute Gasteiger partial charge is 0.475 e. The van der Waals surface area contributed by atoms with E-state index in [0.717, 1.165) is 12.1 Å². The monoisotopic (exact) mass is 381 g/mol. The van der Waals surface area contributed by atoms with Crippen LogP contribution in [0.15, 0.2) is 47.4 Å². The van der Waals surface area contributed by atoms with Crippen LogP contribution in [0.2, 0.25) is 0 Å². The van der Waals surface area contributed by atoms with Crippen LogP contribution in [0, 0.1) is 5.92 Å². The second-order valence-corrected chi connectivity index (χ2v) is 6.70. The number of ether oxygens (including phenoxy) is 2. The predicted octanol–water partition coefficient (Wildman–Crippen LogP) is 3.42. The van der Waals surface area contributed by atoms with Gasteiger partial charge in [0.25, 0.3) is 5.91 Å². The molecular formula is C19H18F3NO4. The van der Waals surface area contributed by atoms with Gasteiger partial charge in [-0.05, 0) is 31.1 Å². The van der Waals surface area contributed by atoms with Crippen LogP contribution >= 0.6 is 0 Å². The van der Waals surface area contributed by atoms with Crippen LogP contribution in [0.3, 0.4) is 0 Å². The number of carbonyl (C=O) groups is 2. The first-order valence-corrected chi connectivity index (χ1v) is 8.27. The fourth-order valence-electron chi connectivity index (χ4n) is 3.17. The molecule has 3 rings (SSSR count). The van der Waals surface area contributed by atoms with Gasteiger partial charge in [0.1, 0.15) is 5.76 Å². The van der Waals surface area contributed by atoms with Gasteiger partial charge in [-0.2, -0.15) is 13.2 Å². The second kappa shape index (κ2) is 6.44. The quantitative estimate of drug-likeness (QED) is 0.798. The highest BCUT2D eigenvalue weighted by molar-refractivity contribution is 5.92. The molecule has 2 atom stereocenters. The topological polar surface area (TPSA) is 64.6 Å². The third-order valence-electron chi connectivity index (χ3n) is 4.79. The number of carbonyl (C=O) groups excluding carboxylic acids is 2. The number of halogens is 3. The van der Waals surface area contributed by atoms with Crippen molar-refractivity contribution < 1.29 is 32.2 Å². The summed E-state index contributed by atoms with van der Waals surface area (Å²) in [5.74, 6) is -0.934. The number of rotatable bonds is 2. The normalized spacial score (nSPS) is 25.2. The van der Waals surface area contributed by atoms with Crippen molar-refractivity contribution in [2.75, 3.05) is 7.11 Å². The molecule has 0 aromatic heterocycles. The fraction of sp³-hybridized carbons (Fsp3) is 0.368. The van der Waals surface area contributed by atoms with Gasteiger partial charge in [-0.25, -0.2) is 4.79 Å². The van der Waals surface area contributed by atoms with Gasteiger partial charge in [0.05, 0.1) is 18.4 Å². The number of hydrogen-bond acceptors (Lipinski definition) is 4. The van der Waals surface area contributed by atoms with Gasteiger partial charge in [0, 0.05) is 17.6 Å². The molecule has 1 N–H and O–H groups in total. The van der Waals surface area contributed by atoms with Crippen LogP contribution < -0.4 is 5.32 Å². The van der Waals surface area contributed by atoms with Crippen molar-refractivity contribution in [2.45, 2.75) is 32.0 Å². The number of allylic oxidation sites excluding steroid dienone is 2. The Balaban J connectivity index is 2.00. The molecule has 5 nitrogen and oxygen atoms in total. The summed E-state index contributed by atoms with van der Waals surface area (Å²) >= 11 is 0. The maximum atomic E-state index is 13.0. The van der Waals surface area contributed by atoms with E-state index in [1.165, 1.54) is 32.2 Å². The third kappa shape index (κ3) is 3.31. The number of methoxy groups -OCH3 is 1. The number of benzene rings is 1. The fourth-order valence-corrected chi connectivity index (χ4v) is 3.17. The first-order chi connectivity index (χ1) is 12.6. The number of nitrogens with one attached hydrogen (secondary N) is 1. The molecule has 1 aliphatic heterocycles. The smallest absolute Gasteiger partial charge is 0.416 e. The molecule has 2 unspecified atom stereocenters. The molecular weight excluding hydrogens is 363 g/mol. The molecule has 0 saturated carbocycles. The van der Waals surface area contributed by atoms with E-state index in [2.05, 4.69) is 5.32 Å². The minimum absolute atomic E-state index is 0.0942. The molecule has 0 radical (unpaired) electrons. The molecule has 2 aliphatic rings. The van der Waals surface area contributed by atoms with Crippen molar-refractivity contribution in [3.05, 3.63) is 58.5 Å². The zero-order valence-corrected chi connectivity index (χ0v) is 14.9. The average Bonchev–Trinajstić information content (AvgIpc) is 2.61. The van der Waals surface area contributed by atoms with Gasteiger partial charge in [0.2, 0.25) is 5.60 Å². The molecule has 0 fully saturated rings. The third-order valence-corrected chi connectivity index (χ3v) is 4.79. The SMILES string of the molecule is COC(=O)C1=CC2=C(CC1C)OC(C)(c1cccc(C(F)(F)F)c1)C(=O)N2. The van der Waals surface area contributed by atoms with Gasteiger partial charge < -0.3 is 14.8 Å². The van der Waals surface area contributed by atoms with Crippen molar-refractivity contribution in [3.63, 3.8) is 0 Å². The number of hydrogen-bond donors (Lipinski definition) is 1. The summed E-state index contributed by atoms with van der Waals surface area (Å²) in [5.41, 5.74) is -1.67. The van der Waals surface area contributed by atoms with Crippen LogP contribution in [0.4, 0.5) is 13.2 Å². The molecule has 1 amide bonds. The lowest BCUT2D eigenvalue weighted by Crippen LogP contribution is -2.48. The first-order valence-electron chi connectivity index (χ1n) is 8.27. The van der Waals surface area contributed by atoms with Gasteiger partial charge in [-0.3, -0.25) is 4.79 Å². The molecule has 1 aromatic carbocycles. The Morgan fingerprint density at radius 2 is 2.07 bits per heavy atom. The Morgan fingerprint density at radius 3 is 2.70 bits per heavy atom. The Bertz CT molecular complexity index is 872. The highest BCUT2D eigenvalue weighted by Gasteiger charge is 2.45. The Labute approximate surface area is 153 Å². The lowest BCUT2D eigenvalue weighted by Gasteiger charge is -2.38. The molecule has 27 heavy (non-hydrogen) atoms. The maximum absolute atomic E-state index is 13.0. The maximum Gasteiger partial charge on any atom is 0.416 e. The highest BCUT2D eigenvalue weighted by atomic mass is 19.4. The van der Waals surface area contributed by atoms with E-state index in [0.29, 0.717) is 23.5 Å². The molecule has 0 bridgehead atoms. The van der Waals surface area contributed by atoms with E-state index >= 15 is 0 Å². The van der Waals surface area contributed by atoms with Crippen LogP contribution in [0.25, 0.3) is 0 Å². The number of esters is 1. The van der Waals surface area contributed by atoms with Crippen molar-refractivity contribution in [1.82, 2.24) is 5.32 Å². The summed E-state index contributed by atoms with van der Waals surface area (Å²) in [4.78, 5) is 24.5. The summed E-state index contributed by atoms with van der Waals surface area (Å²) in [5, 5.41) is 2.65. The summed E-state index contributed by atoms with van der Waals surface area (Å²) in [6.45, 7) is 3.22. The van der Waals surface area contributed by atoms with Crippen molar-refractivity contribution in [3.8, 4) is 0 Å². The molecule has 1 aromatic rings. The van der Waals surface area contributed by atoms with Crippen LogP contribution in [-0.4, -0.2) is 19.0 Å². The predicted molar refractivity (Wildman–Crippen MR) is 88.9 cm³/mol. The van der Waals surface area contributed by atoms with E-state index in [1.807, 2.05) is 0 Å². The second-order valence-electron chi connectivity index (χ2n) is 6.70. The molecule has 1 heterocycles. The van der Waals surface area contributed by atoms with Gasteiger partial charge in [-0.1, -0.05) is 19.1 Å². The lowest BCUT2D eigenvalue weighted by molar-refractivity contribution is -0.145. The Hall–Kier alpha value is -2.77. The van der Waals surface area contributed by atoms with Gasteiger partial charge >= 0.3 is 12.1 Å². The lowest BCUT2D eigenvalue weighted by atomic mass is 9.87. The Kier molecular flexibility index (Phi) is 4.53. The first kappa shape index (κ1) is 19.0. The van der Waals surface area contributed by atoms with E-state index in [-0.39, 0.29) is 11.5 Å². The highest BCUT2D eigenvalue weighted by Crippen LogP contribution is 2.40. The average molecular weight is 381 g/mol. The Morgan fingerprint density at radius 1 is 1.37 bits per heavy atom. The summed E-state index contributed by atoms with van der Waals surface area (Å²) < 4.78 is 49.7. The van der Waals surface area contributed by atoms with E-state index in [4.69, 9.17) is 9.47 Å². The van der Waals surface area contributed by atoms with Crippen LogP contribution in [0.1, 0.15) is 31.4 Å². The zero-order valence-electron chi connectivity index (χ0n) is 14.9. The summed E-state index contributed by atoms with van der Waals surface area (Å²) in [6, 6.07) is 4.50. The molecule has 144 valence electrons. The van der Waals surface area contributed by atoms with Gasteiger partial charge in [0.15, 0.2) is 0 Å². The summed E-state index contributed by atoms with van der Waals surface area (Å²) in [7, 11) is 1.26.